The van der Waals surface area contributed by atoms with Gasteiger partial charge in [0.1, 0.15) is 18.3 Å². The van der Waals surface area contributed by atoms with Gasteiger partial charge in [0.25, 0.3) is 0 Å². The van der Waals surface area contributed by atoms with Gasteiger partial charge in [0.2, 0.25) is 11.8 Å². The van der Waals surface area contributed by atoms with Gasteiger partial charge in [0.05, 0.1) is 5.52 Å². The van der Waals surface area contributed by atoms with Crippen molar-refractivity contribution in [2.24, 2.45) is 0 Å². The van der Waals surface area contributed by atoms with Crippen molar-refractivity contribution in [3.8, 4) is 0 Å². The molecule has 0 aliphatic carbocycles. The van der Waals surface area contributed by atoms with E-state index in [1.165, 1.54) is 37.5 Å². The first kappa shape index (κ1) is 25.7. The van der Waals surface area contributed by atoms with Crippen molar-refractivity contribution in [3.63, 3.8) is 0 Å². The van der Waals surface area contributed by atoms with Gasteiger partial charge in [-0.2, -0.15) is 5.10 Å². The van der Waals surface area contributed by atoms with Gasteiger partial charge in [-0.25, -0.2) is 0 Å². The van der Waals surface area contributed by atoms with Crippen molar-refractivity contribution >= 4 is 34.2 Å². The summed E-state index contributed by atoms with van der Waals surface area (Å²) in [5.41, 5.74) is 3.22. The number of amides is 2. The highest BCUT2D eigenvalue weighted by Gasteiger charge is 2.25. The molecule has 0 fully saturated rings. The number of aromatic nitrogens is 2. The van der Waals surface area contributed by atoms with E-state index in [1.807, 2.05) is 13.1 Å². The molecule has 0 bridgehead atoms. The van der Waals surface area contributed by atoms with E-state index in [2.05, 4.69) is 21.8 Å². The van der Waals surface area contributed by atoms with E-state index in [4.69, 9.17) is 0 Å². The molecule has 1 aliphatic heterocycles. The van der Waals surface area contributed by atoms with Gasteiger partial charge in [-0.05, 0) is 43.9 Å². The van der Waals surface area contributed by atoms with E-state index in [0.29, 0.717) is 12.2 Å². The fourth-order valence-electron chi connectivity index (χ4n) is 4.61. The molecule has 0 spiro atoms. The Kier molecular flexibility index (Phi) is 9.07. The lowest BCUT2D eigenvalue weighted by molar-refractivity contribution is -0.138. The van der Waals surface area contributed by atoms with Crippen LogP contribution >= 0.6 is 0 Å². The number of nitrogens with zero attached hydrogens (tertiary/aromatic N) is 3. The van der Waals surface area contributed by atoms with Crippen molar-refractivity contribution in [2.45, 2.75) is 84.2 Å². The van der Waals surface area contributed by atoms with Crippen molar-refractivity contribution < 1.29 is 14.4 Å². The minimum atomic E-state index is -0.584. The highest BCUT2D eigenvalue weighted by molar-refractivity contribution is 6.06. The van der Waals surface area contributed by atoms with E-state index < -0.39 is 6.04 Å². The molecular weight excluding hydrogens is 430 g/mol. The van der Waals surface area contributed by atoms with E-state index in [-0.39, 0.29) is 24.1 Å². The summed E-state index contributed by atoms with van der Waals surface area (Å²) in [6, 6.07) is 3.44. The number of rotatable bonds is 2. The number of Topliss-reactive ketones (excluding diaryl/α,β-unsaturated/α-hetero) is 1. The van der Waals surface area contributed by atoms with Gasteiger partial charge in [-0.3, -0.25) is 19.1 Å². The highest BCUT2D eigenvalue weighted by Crippen LogP contribution is 2.29. The third-order valence-corrected chi connectivity index (χ3v) is 6.86. The number of carbonyl (C=O) groups is 3. The van der Waals surface area contributed by atoms with Crippen LogP contribution in [0.2, 0.25) is 0 Å². The summed E-state index contributed by atoms with van der Waals surface area (Å²) >= 11 is 0. The molecule has 0 unspecified atom stereocenters. The summed E-state index contributed by atoms with van der Waals surface area (Å²) < 4.78 is 1.65. The summed E-state index contributed by atoms with van der Waals surface area (Å²) in [6.45, 7) is 3.85. The molecule has 186 valence electrons. The Bertz CT molecular complexity index is 1030. The molecule has 2 amide bonds. The monoisotopic (exact) mass is 469 g/mol. The number of carbonyl (C=O) groups excluding carboxylic acids is 3. The van der Waals surface area contributed by atoms with Crippen LogP contribution < -0.4 is 10.6 Å². The molecule has 34 heavy (non-hydrogen) atoms. The molecule has 1 atom stereocenters. The molecule has 2 heterocycles. The number of benzene rings is 1. The standard InChI is InChI=1S/C26H39N5O3/c1-18-26(34)28-14-12-10-8-6-5-7-9-11-13-20-15-21(27-3)16-22-24(19(2)32)29-31(25(20)22)17-23(33)30(18)4/h15-16,18,27H,5-14,17H2,1-4H3,(H,28,34)/t18-/m0/s1. The number of likely N-dealkylation sites (N-methyl/N-ethyl adjacent to an activating group) is 1. The van der Waals surface area contributed by atoms with E-state index >= 15 is 0 Å². The van der Waals surface area contributed by atoms with Crippen LogP contribution in [0.4, 0.5) is 5.69 Å². The molecule has 2 aromatic rings. The average molecular weight is 470 g/mol. The zero-order valence-corrected chi connectivity index (χ0v) is 21.1. The number of hydrogen-bond donors (Lipinski definition) is 2. The largest absolute Gasteiger partial charge is 0.388 e. The number of hydrogen-bond acceptors (Lipinski definition) is 5. The Balaban J connectivity index is 1.98. The zero-order chi connectivity index (χ0) is 24.7. The predicted octanol–water partition coefficient (Wildman–Crippen LogP) is 3.92. The highest BCUT2D eigenvalue weighted by atomic mass is 16.2. The van der Waals surface area contributed by atoms with Crippen LogP contribution in [0, 0.1) is 0 Å². The van der Waals surface area contributed by atoms with Crippen molar-refractivity contribution in [1.82, 2.24) is 20.0 Å². The smallest absolute Gasteiger partial charge is 0.244 e. The molecule has 8 heteroatoms. The van der Waals surface area contributed by atoms with Gasteiger partial charge in [0.15, 0.2) is 5.78 Å². The summed E-state index contributed by atoms with van der Waals surface area (Å²) in [4.78, 5) is 39.6. The summed E-state index contributed by atoms with van der Waals surface area (Å²) in [5.74, 6) is -0.502. The number of nitrogens with one attached hydrogen (secondary N) is 2. The molecule has 1 aliphatic rings. The van der Waals surface area contributed by atoms with Gasteiger partial charge in [-0.1, -0.05) is 38.5 Å². The maximum atomic E-state index is 13.1. The first-order chi connectivity index (χ1) is 16.3. The summed E-state index contributed by atoms with van der Waals surface area (Å²) in [6.07, 6.45) is 9.94. The predicted molar refractivity (Wildman–Crippen MR) is 135 cm³/mol. The lowest BCUT2D eigenvalue weighted by Crippen LogP contribution is -2.47. The lowest BCUT2D eigenvalue weighted by Gasteiger charge is -2.24. The maximum Gasteiger partial charge on any atom is 0.244 e. The van der Waals surface area contributed by atoms with Crippen molar-refractivity contribution in [3.05, 3.63) is 23.4 Å². The fourth-order valence-corrected chi connectivity index (χ4v) is 4.61. The first-order valence-corrected chi connectivity index (χ1v) is 12.6. The van der Waals surface area contributed by atoms with Crippen LogP contribution in [0.25, 0.3) is 10.9 Å². The second kappa shape index (κ2) is 12.0. The van der Waals surface area contributed by atoms with Gasteiger partial charge >= 0.3 is 0 Å². The first-order valence-electron chi connectivity index (χ1n) is 12.6. The molecule has 0 saturated heterocycles. The van der Waals surface area contributed by atoms with Crippen LogP contribution in [-0.4, -0.2) is 59.0 Å². The Morgan fingerprint density at radius 2 is 1.71 bits per heavy atom. The summed E-state index contributed by atoms with van der Waals surface area (Å²) in [5, 5.41) is 11.5. The van der Waals surface area contributed by atoms with Crippen LogP contribution in [0.15, 0.2) is 12.1 Å². The molecule has 1 aromatic heterocycles. The van der Waals surface area contributed by atoms with Crippen LogP contribution in [0.5, 0.6) is 0 Å². The minimum Gasteiger partial charge on any atom is -0.388 e. The Morgan fingerprint density at radius 1 is 1.06 bits per heavy atom. The average Bonchev–Trinajstić information content (AvgIpc) is 3.19. The number of aryl methyl sites for hydroxylation is 1. The zero-order valence-electron chi connectivity index (χ0n) is 21.1. The SMILES string of the molecule is CNc1cc2c3c(c1)c(C(C)=O)nn3CC(=O)N(C)[C@@H](C)C(=O)NCCCCCCCCCC2. The van der Waals surface area contributed by atoms with Crippen LogP contribution in [0.3, 0.4) is 0 Å². The Morgan fingerprint density at radius 3 is 2.35 bits per heavy atom. The minimum absolute atomic E-state index is 0.0240. The van der Waals surface area contributed by atoms with Crippen molar-refractivity contribution in [2.75, 3.05) is 26.0 Å². The molecule has 1 aromatic carbocycles. The second-order valence-corrected chi connectivity index (χ2v) is 9.39. The van der Waals surface area contributed by atoms with E-state index in [0.717, 1.165) is 54.3 Å². The third-order valence-electron chi connectivity index (χ3n) is 6.86. The van der Waals surface area contributed by atoms with E-state index in [1.54, 1.807) is 18.7 Å². The number of anilines is 1. The van der Waals surface area contributed by atoms with Crippen LogP contribution in [-0.2, 0) is 22.6 Å². The number of ketones is 1. The molecule has 2 N–H and O–H groups in total. The van der Waals surface area contributed by atoms with Gasteiger partial charge in [-0.15, -0.1) is 0 Å². The third kappa shape index (κ3) is 6.15. The topological polar surface area (TPSA) is 96.3 Å². The quantitative estimate of drug-likeness (QED) is 0.650. The molecular formula is C26H39N5O3. The second-order valence-electron chi connectivity index (χ2n) is 9.39. The summed E-state index contributed by atoms with van der Waals surface area (Å²) in [7, 11) is 3.51. The Hall–Kier alpha value is -2.90. The molecule has 3 rings (SSSR count). The van der Waals surface area contributed by atoms with E-state index in [9.17, 15) is 14.4 Å². The van der Waals surface area contributed by atoms with Crippen LogP contribution in [0.1, 0.15) is 81.3 Å². The Labute approximate surface area is 202 Å². The van der Waals surface area contributed by atoms with Gasteiger partial charge in [0, 0.05) is 38.6 Å². The molecule has 8 nitrogen and oxygen atoms in total. The lowest BCUT2D eigenvalue weighted by atomic mass is 10.0. The maximum absolute atomic E-state index is 13.1. The molecule has 0 saturated carbocycles. The fraction of sp³-hybridized carbons (Fsp3) is 0.615. The molecule has 0 radical (unpaired) electrons. The normalized spacial score (nSPS) is 19.8. The van der Waals surface area contributed by atoms with Gasteiger partial charge < -0.3 is 15.5 Å². The van der Waals surface area contributed by atoms with Crippen molar-refractivity contribution in [1.29, 1.82) is 0 Å².